The first-order valence-corrected chi connectivity index (χ1v) is 7.20. The molecule has 0 unspecified atom stereocenters. The van der Waals surface area contributed by atoms with Crippen LogP contribution < -0.4 is 14.8 Å². The predicted octanol–water partition coefficient (Wildman–Crippen LogP) is 4.37. The summed E-state index contributed by atoms with van der Waals surface area (Å²) < 4.78 is 11.0. The van der Waals surface area contributed by atoms with Gasteiger partial charge in [-0.05, 0) is 46.3 Å². The number of nitrogens with one attached hydrogen (secondary N) is 1. The Morgan fingerprint density at radius 3 is 2.24 bits per heavy atom. The molecule has 2 aromatic carbocycles. The molecule has 0 aliphatic carbocycles. The topological polar surface area (TPSA) is 47.6 Å². The molecule has 0 atom stereocenters. The van der Waals surface area contributed by atoms with Crippen molar-refractivity contribution in [2.75, 3.05) is 19.5 Å². The number of benzene rings is 2. The van der Waals surface area contributed by atoms with Crippen LogP contribution in [0, 0.1) is 0 Å². The maximum absolute atomic E-state index is 12.3. The smallest absolute Gasteiger partial charge is 0.255 e. The van der Waals surface area contributed by atoms with E-state index in [2.05, 4.69) is 21.2 Å². The van der Waals surface area contributed by atoms with Crippen LogP contribution in [0.2, 0.25) is 5.02 Å². The van der Waals surface area contributed by atoms with Crippen molar-refractivity contribution in [3.8, 4) is 11.5 Å². The Labute approximate surface area is 136 Å². The Morgan fingerprint density at radius 1 is 1.10 bits per heavy atom. The van der Waals surface area contributed by atoms with E-state index in [0.717, 1.165) is 0 Å². The number of anilines is 1. The fourth-order valence-electron chi connectivity index (χ4n) is 1.72. The normalized spacial score (nSPS) is 10.1. The first-order valence-electron chi connectivity index (χ1n) is 6.03. The summed E-state index contributed by atoms with van der Waals surface area (Å²) in [6.45, 7) is 0. The molecule has 21 heavy (non-hydrogen) atoms. The number of carbonyl (C=O) groups is 1. The van der Waals surface area contributed by atoms with Crippen molar-refractivity contribution in [3.05, 3.63) is 51.5 Å². The summed E-state index contributed by atoms with van der Waals surface area (Å²) in [6, 6.07) is 10.1. The molecule has 1 amide bonds. The van der Waals surface area contributed by atoms with Crippen LogP contribution in [-0.4, -0.2) is 20.1 Å². The van der Waals surface area contributed by atoms with Gasteiger partial charge in [0.25, 0.3) is 5.91 Å². The van der Waals surface area contributed by atoms with E-state index in [9.17, 15) is 4.79 Å². The lowest BCUT2D eigenvalue weighted by atomic mass is 10.2. The highest BCUT2D eigenvalue weighted by molar-refractivity contribution is 9.10. The zero-order valence-electron chi connectivity index (χ0n) is 11.4. The second-order valence-electron chi connectivity index (χ2n) is 4.18. The zero-order chi connectivity index (χ0) is 15.4. The predicted molar refractivity (Wildman–Crippen MR) is 86.7 cm³/mol. The molecule has 0 aliphatic heterocycles. The second-order valence-corrected chi connectivity index (χ2v) is 5.45. The highest BCUT2D eigenvalue weighted by Crippen LogP contribution is 2.27. The molecule has 110 valence electrons. The number of carbonyl (C=O) groups excluding carboxylic acids is 1. The van der Waals surface area contributed by atoms with Crippen molar-refractivity contribution in [1.29, 1.82) is 0 Å². The summed E-state index contributed by atoms with van der Waals surface area (Å²) in [4.78, 5) is 12.3. The van der Waals surface area contributed by atoms with Crippen LogP contribution in [0.1, 0.15) is 10.4 Å². The van der Waals surface area contributed by atoms with Gasteiger partial charge in [0.15, 0.2) is 0 Å². The van der Waals surface area contributed by atoms with E-state index in [1.54, 1.807) is 36.4 Å². The summed E-state index contributed by atoms with van der Waals surface area (Å²) >= 11 is 9.24. The van der Waals surface area contributed by atoms with E-state index < -0.39 is 0 Å². The van der Waals surface area contributed by atoms with Crippen LogP contribution >= 0.6 is 27.5 Å². The fraction of sp³-hybridized carbons (Fsp3) is 0.133. The Morgan fingerprint density at radius 2 is 1.71 bits per heavy atom. The van der Waals surface area contributed by atoms with Gasteiger partial charge in [-0.3, -0.25) is 4.79 Å². The molecule has 0 heterocycles. The van der Waals surface area contributed by atoms with E-state index in [4.69, 9.17) is 21.1 Å². The maximum Gasteiger partial charge on any atom is 0.255 e. The summed E-state index contributed by atoms with van der Waals surface area (Å²) in [5.74, 6) is 0.843. The number of methoxy groups -OCH3 is 2. The lowest BCUT2D eigenvalue weighted by Crippen LogP contribution is -2.12. The van der Waals surface area contributed by atoms with Crippen molar-refractivity contribution in [3.63, 3.8) is 0 Å². The summed E-state index contributed by atoms with van der Waals surface area (Å²) in [6.07, 6.45) is 0. The minimum Gasteiger partial charge on any atom is -0.497 e. The molecule has 0 saturated heterocycles. The Balaban J connectivity index is 2.25. The van der Waals surface area contributed by atoms with Crippen molar-refractivity contribution >= 4 is 39.1 Å². The maximum atomic E-state index is 12.3. The molecule has 4 nitrogen and oxygen atoms in total. The summed E-state index contributed by atoms with van der Waals surface area (Å²) in [5.41, 5.74) is 1.08. The second kappa shape index (κ2) is 6.83. The van der Waals surface area contributed by atoms with Crippen LogP contribution in [0.5, 0.6) is 11.5 Å². The van der Waals surface area contributed by atoms with Gasteiger partial charge in [-0.25, -0.2) is 0 Å². The quantitative estimate of drug-likeness (QED) is 0.869. The van der Waals surface area contributed by atoms with Crippen LogP contribution in [0.25, 0.3) is 0 Å². The number of hydrogen-bond acceptors (Lipinski definition) is 3. The molecule has 6 heteroatoms. The molecule has 0 aromatic heterocycles. The average Bonchev–Trinajstić information content (AvgIpc) is 2.50. The number of rotatable bonds is 4. The molecular weight excluding hydrogens is 358 g/mol. The van der Waals surface area contributed by atoms with Gasteiger partial charge < -0.3 is 14.8 Å². The molecule has 1 N–H and O–H groups in total. The minimum absolute atomic E-state index is 0.263. The molecule has 0 bridgehead atoms. The molecule has 0 aliphatic rings. The highest BCUT2D eigenvalue weighted by atomic mass is 79.9. The Bertz CT molecular complexity index is 654. The minimum atomic E-state index is -0.263. The van der Waals surface area contributed by atoms with E-state index >= 15 is 0 Å². The van der Waals surface area contributed by atoms with Crippen LogP contribution in [-0.2, 0) is 0 Å². The fourth-order valence-corrected chi connectivity index (χ4v) is 2.21. The van der Waals surface area contributed by atoms with Crippen molar-refractivity contribution in [2.24, 2.45) is 0 Å². The third kappa shape index (κ3) is 3.89. The standard InChI is InChI=1S/C15H13BrClNO3/c1-20-11-5-9(6-12(8-11)21-2)15(19)18-10-3-4-14(17)13(16)7-10/h3-8H,1-2H3,(H,18,19). The van der Waals surface area contributed by atoms with Gasteiger partial charge in [0.1, 0.15) is 11.5 Å². The number of halogens is 2. The lowest BCUT2D eigenvalue weighted by molar-refractivity contribution is 0.102. The summed E-state index contributed by atoms with van der Waals surface area (Å²) in [7, 11) is 3.07. The van der Waals surface area contributed by atoms with Gasteiger partial charge in [-0.2, -0.15) is 0 Å². The van der Waals surface area contributed by atoms with E-state index in [1.165, 1.54) is 14.2 Å². The number of hydrogen-bond donors (Lipinski definition) is 1. The van der Waals surface area contributed by atoms with Gasteiger partial charge in [-0.1, -0.05) is 11.6 Å². The Hall–Kier alpha value is -1.72. The summed E-state index contributed by atoms with van der Waals surface area (Å²) in [5, 5.41) is 3.37. The van der Waals surface area contributed by atoms with Crippen molar-refractivity contribution < 1.29 is 14.3 Å². The van der Waals surface area contributed by atoms with Gasteiger partial charge in [0.05, 0.1) is 19.2 Å². The molecule has 0 fully saturated rings. The zero-order valence-corrected chi connectivity index (χ0v) is 13.8. The molecular formula is C15H13BrClNO3. The number of ether oxygens (including phenoxy) is 2. The largest absolute Gasteiger partial charge is 0.497 e. The Kier molecular flexibility index (Phi) is 5.09. The molecule has 2 aromatic rings. The van der Waals surface area contributed by atoms with Crippen LogP contribution in [0.15, 0.2) is 40.9 Å². The van der Waals surface area contributed by atoms with Gasteiger partial charge >= 0.3 is 0 Å². The molecule has 0 radical (unpaired) electrons. The van der Waals surface area contributed by atoms with Crippen LogP contribution in [0.3, 0.4) is 0 Å². The van der Waals surface area contributed by atoms with E-state index in [1.807, 2.05) is 0 Å². The molecule has 0 spiro atoms. The van der Waals surface area contributed by atoms with Gasteiger partial charge in [0.2, 0.25) is 0 Å². The highest BCUT2D eigenvalue weighted by Gasteiger charge is 2.11. The van der Waals surface area contributed by atoms with Gasteiger partial charge in [-0.15, -0.1) is 0 Å². The average molecular weight is 371 g/mol. The first-order chi connectivity index (χ1) is 10.0. The van der Waals surface area contributed by atoms with Crippen molar-refractivity contribution in [1.82, 2.24) is 0 Å². The van der Waals surface area contributed by atoms with Crippen molar-refractivity contribution in [2.45, 2.75) is 0 Å². The SMILES string of the molecule is COc1cc(OC)cc(C(=O)Nc2ccc(Cl)c(Br)c2)c1. The van der Waals surface area contributed by atoms with Gasteiger partial charge in [0, 0.05) is 21.8 Å². The van der Waals surface area contributed by atoms with Crippen LogP contribution in [0.4, 0.5) is 5.69 Å². The molecule has 0 saturated carbocycles. The number of amides is 1. The van der Waals surface area contributed by atoms with E-state index in [0.29, 0.717) is 32.2 Å². The van der Waals surface area contributed by atoms with E-state index in [-0.39, 0.29) is 5.91 Å². The monoisotopic (exact) mass is 369 g/mol. The first kappa shape index (κ1) is 15.7. The lowest BCUT2D eigenvalue weighted by Gasteiger charge is -2.10. The third-order valence-electron chi connectivity index (χ3n) is 2.79. The molecule has 2 rings (SSSR count). The third-order valence-corrected chi connectivity index (χ3v) is 4.01.